The van der Waals surface area contributed by atoms with Gasteiger partial charge in [0.1, 0.15) is 0 Å². The molecule has 0 spiro atoms. The molecule has 0 amide bonds. The smallest absolute Gasteiger partial charge is 0.0451 e. The second kappa shape index (κ2) is 5.59. The van der Waals surface area contributed by atoms with Crippen LogP contribution in [0.1, 0.15) is 25.8 Å². The van der Waals surface area contributed by atoms with Gasteiger partial charge in [-0.05, 0) is 37.1 Å². The number of hydrogen-bond donors (Lipinski definition) is 1. The molecule has 0 radical (unpaired) electrons. The van der Waals surface area contributed by atoms with Crippen LogP contribution in [0.15, 0.2) is 18.2 Å². The molecule has 3 heteroatoms. The molecule has 0 aromatic heterocycles. The highest BCUT2D eigenvalue weighted by molar-refractivity contribution is 6.33. The van der Waals surface area contributed by atoms with Gasteiger partial charge in [0.15, 0.2) is 0 Å². The number of hydrogen-bond acceptors (Lipinski definition) is 1. The van der Waals surface area contributed by atoms with Gasteiger partial charge in [-0.2, -0.15) is 0 Å². The van der Waals surface area contributed by atoms with Crippen LogP contribution in [0.5, 0.6) is 0 Å². The van der Waals surface area contributed by atoms with E-state index < -0.39 is 0 Å². The summed E-state index contributed by atoms with van der Waals surface area (Å²) in [5.74, 6) is 0. The van der Waals surface area contributed by atoms with E-state index in [9.17, 15) is 0 Å². The van der Waals surface area contributed by atoms with Crippen LogP contribution in [0, 0.1) is 0 Å². The van der Waals surface area contributed by atoms with Crippen LogP contribution in [0.4, 0.5) is 0 Å². The van der Waals surface area contributed by atoms with Crippen LogP contribution in [0.3, 0.4) is 0 Å². The summed E-state index contributed by atoms with van der Waals surface area (Å²) in [4.78, 5) is 0. The van der Waals surface area contributed by atoms with Crippen molar-refractivity contribution in [2.24, 2.45) is 0 Å². The zero-order valence-corrected chi connectivity index (χ0v) is 9.99. The zero-order valence-electron chi connectivity index (χ0n) is 8.48. The summed E-state index contributed by atoms with van der Waals surface area (Å²) in [6.07, 6.45) is 1.11. The first-order chi connectivity index (χ1) is 6.63. The highest BCUT2D eigenvalue weighted by atomic mass is 35.5. The Labute approximate surface area is 95.4 Å². The van der Waals surface area contributed by atoms with E-state index in [-0.39, 0.29) is 0 Å². The highest BCUT2D eigenvalue weighted by Crippen LogP contribution is 2.20. The summed E-state index contributed by atoms with van der Waals surface area (Å²) in [6.45, 7) is 5.07. The molecule has 0 saturated heterocycles. The molecule has 0 saturated carbocycles. The van der Waals surface area contributed by atoms with Crippen molar-refractivity contribution in [2.45, 2.75) is 32.9 Å². The van der Waals surface area contributed by atoms with Crippen LogP contribution in [-0.2, 0) is 6.54 Å². The van der Waals surface area contributed by atoms with Crippen LogP contribution in [-0.4, -0.2) is 6.04 Å². The molecule has 78 valence electrons. The van der Waals surface area contributed by atoms with Gasteiger partial charge >= 0.3 is 0 Å². The molecule has 1 N–H and O–H groups in total. The summed E-state index contributed by atoms with van der Waals surface area (Å²) in [7, 11) is 0. The first-order valence-electron chi connectivity index (χ1n) is 4.80. The quantitative estimate of drug-likeness (QED) is 0.830. The van der Waals surface area contributed by atoms with Crippen LogP contribution in [0.2, 0.25) is 10.0 Å². The van der Waals surface area contributed by atoms with E-state index in [4.69, 9.17) is 23.2 Å². The van der Waals surface area contributed by atoms with Crippen molar-refractivity contribution in [2.75, 3.05) is 0 Å². The van der Waals surface area contributed by atoms with E-state index in [0.717, 1.165) is 28.6 Å². The van der Waals surface area contributed by atoms with Gasteiger partial charge in [0.25, 0.3) is 0 Å². The van der Waals surface area contributed by atoms with E-state index in [0.29, 0.717) is 6.04 Å². The minimum absolute atomic E-state index is 0.505. The van der Waals surface area contributed by atoms with E-state index >= 15 is 0 Å². The number of benzene rings is 1. The predicted octanol–water partition coefficient (Wildman–Crippen LogP) is 3.88. The third-order valence-electron chi connectivity index (χ3n) is 2.26. The summed E-state index contributed by atoms with van der Waals surface area (Å²) in [5, 5.41) is 4.87. The third kappa shape index (κ3) is 3.49. The Morgan fingerprint density at radius 3 is 2.71 bits per heavy atom. The van der Waals surface area contributed by atoms with Gasteiger partial charge in [-0.3, -0.25) is 0 Å². The lowest BCUT2D eigenvalue weighted by Gasteiger charge is -2.12. The van der Waals surface area contributed by atoms with Gasteiger partial charge in [-0.25, -0.2) is 0 Å². The Morgan fingerprint density at radius 1 is 1.36 bits per heavy atom. The molecule has 1 aromatic rings. The summed E-state index contributed by atoms with van der Waals surface area (Å²) >= 11 is 11.9. The van der Waals surface area contributed by atoms with E-state index in [1.807, 2.05) is 12.1 Å². The largest absolute Gasteiger partial charge is 0.310 e. The molecule has 0 aliphatic carbocycles. The Kier molecular flexibility index (Phi) is 4.73. The molecule has 0 aliphatic rings. The fraction of sp³-hybridized carbons (Fsp3) is 0.455. The van der Waals surface area contributed by atoms with E-state index in [1.165, 1.54) is 0 Å². The minimum Gasteiger partial charge on any atom is -0.310 e. The highest BCUT2D eigenvalue weighted by Gasteiger charge is 2.03. The molecule has 0 aliphatic heterocycles. The Balaban J connectivity index is 2.62. The Bertz CT molecular complexity index is 299. The van der Waals surface area contributed by atoms with Gasteiger partial charge in [-0.15, -0.1) is 0 Å². The SMILES string of the molecule is CCC(C)NCc1cc(Cl)ccc1Cl. The number of nitrogens with one attached hydrogen (secondary N) is 1. The van der Waals surface area contributed by atoms with Crippen LogP contribution >= 0.6 is 23.2 Å². The van der Waals surface area contributed by atoms with Gasteiger partial charge in [-0.1, -0.05) is 30.1 Å². The minimum atomic E-state index is 0.505. The van der Waals surface area contributed by atoms with E-state index in [1.54, 1.807) is 6.07 Å². The lowest BCUT2D eigenvalue weighted by Crippen LogP contribution is -2.24. The first kappa shape index (κ1) is 11.8. The standard InChI is InChI=1S/C11H15Cl2N/c1-3-8(2)14-7-9-6-10(12)4-5-11(9)13/h4-6,8,14H,3,7H2,1-2H3. The topological polar surface area (TPSA) is 12.0 Å². The average molecular weight is 232 g/mol. The monoisotopic (exact) mass is 231 g/mol. The molecule has 1 rings (SSSR count). The molecule has 1 atom stereocenters. The fourth-order valence-corrected chi connectivity index (χ4v) is 1.49. The molecule has 0 fully saturated rings. The van der Waals surface area contributed by atoms with Crippen molar-refractivity contribution in [3.63, 3.8) is 0 Å². The number of rotatable bonds is 4. The average Bonchev–Trinajstić information content (AvgIpc) is 2.19. The maximum atomic E-state index is 6.02. The van der Waals surface area contributed by atoms with Crippen molar-refractivity contribution in [1.29, 1.82) is 0 Å². The van der Waals surface area contributed by atoms with Crippen LogP contribution < -0.4 is 5.32 Å². The molecule has 1 unspecified atom stereocenters. The Hall–Kier alpha value is -0.240. The zero-order chi connectivity index (χ0) is 10.6. The predicted molar refractivity (Wildman–Crippen MR) is 63.1 cm³/mol. The van der Waals surface area contributed by atoms with Gasteiger partial charge in [0, 0.05) is 22.6 Å². The Morgan fingerprint density at radius 2 is 2.07 bits per heavy atom. The van der Waals surface area contributed by atoms with Gasteiger partial charge in [0.2, 0.25) is 0 Å². The molecule has 0 bridgehead atoms. The third-order valence-corrected chi connectivity index (χ3v) is 2.86. The molecule has 0 heterocycles. The molecular formula is C11H15Cl2N. The second-order valence-electron chi connectivity index (χ2n) is 3.43. The van der Waals surface area contributed by atoms with Gasteiger partial charge < -0.3 is 5.32 Å². The normalized spacial score (nSPS) is 12.9. The lowest BCUT2D eigenvalue weighted by molar-refractivity contribution is 0.534. The second-order valence-corrected chi connectivity index (χ2v) is 4.27. The molecule has 1 aromatic carbocycles. The van der Waals surface area contributed by atoms with Crippen molar-refractivity contribution < 1.29 is 0 Å². The summed E-state index contributed by atoms with van der Waals surface area (Å²) in [6, 6.07) is 6.04. The number of halogens is 2. The van der Waals surface area contributed by atoms with E-state index in [2.05, 4.69) is 19.2 Å². The van der Waals surface area contributed by atoms with Crippen molar-refractivity contribution in [3.8, 4) is 0 Å². The van der Waals surface area contributed by atoms with Crippen molar-refractivity contribution in [3.05, 3.63) is 33.8 Å². The van der Waals surface area contributed by atoms with Crippen molar-refractivity contribution >= 4 is 23.2 Å². The summed E-state index contributed by atoms with van der Waals surface area (Å²) in [5.41, 5.74) is 1.06. The molecular weight excluding hydrogens is 217 g/mol. The maximum absolute atomic E-state index is 6.02. The molecule has 1 nitrogen and oxygen atoms in total. The van der Waals surface area contributed by atoms with Crippen LogP contribution in [0.25, 0.3) is 0 Å². The first-order valence-corrected chi connectivity index (χ1v) is 5.56. The maximum Gasteiger partial charge on any atom is 0.0451 e. The summed E-state index contributed by atoms with van der Waals surface area (Å²) < 4.78 is 0. The lowest BCUT2D eigenvalue weighted by atomic mass is 10.2. The molecule has 14 heavy (non-hydrogen) atoms. The fourth-order valence-electron chi connectivity index (χ4n) is 1.11. The van der Waals surface area contributed by atoms with Crippen molar-refractivity contribution in [1.82, 2.24) is 5.32 Å². The van der Waals surface area contributed by atoms with Gasteiger partial charge in [0.05, 0.1) is 0 Å².